The summed E-state index contributed by atoms with van der Waals surface area (Å²) in [5.41, 5.74) is 0. The van der Waals surface area contributed by atoms with E-state index in [-0.39, 0.29) is 5.91 Å². The van der Waals surface area contributed by atoms with Gasteiger partial charge < -0.3 is 4.90 Å². The Morgan fingerprint density at radius 3 is 2.80 bits per heavy atom. The monoisotopic (exact) mass is 292 g/mol. The van der Waals surface area contributed by atoms with E-state index in [1.165, 1.54) is 11.3 Å². The Bertz CT molecular complexity index is 363. The van der Waals surface area contributed by atoms with Gasteiger partial charge in [-0.2, -0.15) is 0 Å². The second-order valence-electron chi connectivity index (χ2n) is 3.44. The number of carbonyl (C=O) groups excluding carboxylic acids is 1. The molecular formula is C9H10BrFN2OS. The normalized spacial score (nSPS) is 18.1. The first-order valence-electron chi connectivity index (χ1n) is 4.71. The topological polar surface area (TPSA) is 33.2 Å². The maximum absolute atomic E-state index is 12.9. The molecule has 0 radical (unpaired) electrons. The molecule has 0 N–H and O–H groups in total. The first-order valence-corrected chi connectivity index (χ1v) is 6.32. The van der Waals surface area contributed by atoms with E-state index in [9.17, 15) is 9.18 Å². The van der Waals surface area contributed by atoms with Crippen LogP contribution < -0.4 is 0 Å². The van der Waals surface area contributed by atoms with Crippen LogP contribution in [-0.4, -0.2) is 35.1 Å². The lowest BCUT2D eigenvalue weighted by atomic mass is 10.1. The number of amides is 1. The van der Waals surface area contributed by atoms with E-state index in [0.29, 0.717) is 34.7 Å². The standard InChI is InChI=1S/C9H10BrFN2OS/c10-9-12-5-7(15-9)8(14)13-3-1-6(11)2-4-13/h5-6H,1-4H2. The second kappa shape index (κ2) is 4.57. The second-order valence-corrected chi connectivity index (χ2v) is 5.75. The van der Waals surface area contributed by atoms with Crippen molar-refractivity contribution >= 4 is 33.2 Å². The van der Waals surface area contributed by atoms with Crippen molar-refractivity contribution in [3.63, 3.8) is 0 Å². The van der Waals surface area contributed by atoms with E-state index in [1.54, 1.807) is 11.1 Å². The summed E-state index contributed by atoms with van der Waals surface area (Å²) in [6.45, 7) is 1.02. The van der Waals surface area contributed by atoms with E-state index >= 15 is 0 Å². The summed E-state index contributed by atoms with van der Waals surface area (Å²) in [5.74, 6) is -0.0369. The van der Waals surface area contributed by atoms with Gasteiger partial charge in [-0.25, -0.2) is 9.37 Å². The van der Waals surface area contributed by atoms with Gasteiger partial charge in [0.05, 0.1) is 6.20 Å². The molecule has 0 aliphatic carbocycles. The molecule has 0 unspecified atom stereocenters. The SMILES string of the molecule is O=C(c1cnc(Br)s1)N1CCC(F)CC1. The Morgan fingerprint density at radius 1 is 1.60 bits per heavy atom. The lowest BCUT2D eigenvalue weighted by Crippen LogP contribution is -2.38. The molecule has 3 nitrogen and oxygen atoms in total. The average molecular weight is 293 g/mol. The van der Waals surface area contributed by atoms with Gasteiger partial charge in [-0.1, -0.05) is 0 Å². The molecular weight excluding hydrogens is 283 g/mol. The third-order valence-electron chi connectivity index (χ3n) is 2.40. The number of carbonyl (C=O) groups is 1. The van der Waals surface area contributed by atoms with Gasteiger partial charge in [0.15, 0.2) is 3.92 Å². The summed E-state index contributed by atoms with van der Waals surface area (Å²) in [4.78, 5) is 18.1. The van der Waals surface area contributed by atoms with Crippen LogP contribution in [0.2, 0.25) is 0 Å². The Hall–Kier alpha value is -0.490. The van der Waals surface area contributed by atoms with Gasteiger partial charge in [-0.05, 0) is 28.8 Å². The number of aromatic nitrogens is 1. The number of piperidine rings is 1. The molecule has 0 saturated carbocycles. The van der Waals surface area contributed by atoms with Crippen LogP contribution in [0.3, 0.4) is 0 Å². The van der Waals surface area contributed by atoms with Crippen LogP contribution >= 0.6 is 27.3 Å². The molecule has 1 amide bonds. The summed E-state index contributed by atoms with van der Waals surface area (Å²) in [5, 5.41) is 0. The molecule has 1 aromatic rings. The van der Waals surface area contributed by atoms with Crippen molar-refractivity contribution in [1.29, 1.82) is 0 Å². The van der Waals surface area contributed by atoms with E-state index < -0.39 is 6.17 Å². The van der Waals surface area contributed by atoms with Crippen LogP contribution in [0.4, 0.5) is 4.39 Å². The zero-order valence-electron chi connectivity index (χ0n) is 7.95. The van der Waals surface area contributed by atoms with Gasteiger partial charge in [0.1, 0.15) is 11.0 Å². The summed E-state index contributed by atoms with van der Waals surface area (Å²) < 4.78 is 13.6. The van der Waals surface area contributed by atoms with Crippen molar-refractivity contribution in [2.24, 2.45) is 0 Å². The summed E-state index contributed by atoms with van der Waals surface area (Å²) >= 11 is 4.52. The summed E-state index contributed by atoms with van der Waals surface area (Å²) in [6, 6.07) is 0. The quantitative estimate of drug-likeness (QED) is 0.797. The van der Waals surface area contributed by atoms with Gasteiger partial charge in [0.25, 0.3) is 5.91 Å². The van der Waals surface area contributed by atoms with Gasteiger partial charge in [0, 0.05) is 13.1 Å². The minimum atomic E-state index is -0.748. The fourth-order valence-electron chi connectivity index (χ4n) is 1.56. The number of rotatable bonds is 1. The number of alkyl halides is 1. The molecule has 0 spiro atoms. The number of hydrogen-bond acceptors (Lipinski definition) is 3. The number of likely N-dealkylation sites (tertiary alicyclic amines) is 1. The highest BCUT2D eigenvalue weighted by molar-refractivity contribution is 9.11. The Kier molecular flexibility index (Phi) is 3.35. The van der Waals surface area contributed by atoms with Crippen LogP contribution in [0.1, 0.15) is 22.5 Å². The van der Waals surface area contributed by atoms with Gasteiger partial charge in [-0.15, -0.1) is 11.3 Å². The Morgan fingerprint density at radius 2 is 2.27 bits per heavy atom. The number of thiazole rings is 1. The van der Waals surface area contributed by atoms with Crippen LogP contribution in [-0.2, 0) is 0 Å². The summed E-state index contributed by atoms with van der Waals surface area (Å²) in [6.07, 6.45) is 1.71. The van der Waals surface area contributed by atoms with Crippen molar-refractivity contribution in [2.45, 2.75) is 19.0 Å². The molecule has 15 heavy (non-hydrogen) atoms. The number of halogens is 2. The fraction of sp³-hybridized carbons (Fsp3) is 0.556. The lowest BCUT2D eigenvalue weighted by Gasteiger charge is -2.28. The zero-order valence-corrected chi connectivity index (χ0v) is 10.4. The third kappa shape index (κ3) is 2.55. The van der Waals surface area contributed by atoms with E-state index in [2.05, 4.69) is 20.9 Å². The molecule has 0 bridgehead atoms. The van der Waals surface area contributed by atoms with E-state index in [1.807, 2.05) is 0 Å². The predicted octanol–water partition coefficient (Wildman–Crippen LogP) is 2.48. The molecule has 1 aliphatic heterocycles. The molecule has 1 aromatic heterocycles. The maximum Gasteiger partial charge on any atom is 0.265 e. The number of nitrogens with zero attached hydrogens (tertiary/aromatic N) is 2. The van der Waals surface area contributed by atoms with Crippen LogP contribution in [0, 0.1) is 0 Å². The Balaban J connectivity index is 2.02. The predicted molar refractivity (Wildman–Crippen MR) is 59.8 cm³/mol. The third-order valence-corrected chi connectivity index (χ3v) is 3.86. The molecule has 2 rings (SSSR count). The maximum atomic E-state index is 12.9. The first-order chi connectivity index (χ1) is 7.16. The van der Waals surface area contributed by atoms with Crippen LogP contribution in [0.15, 0.2) is 10.1 Å². The smallest absolute Gasteiger partial charge is 0.265 e. The molecule has 1 saturated heterocycles. The highest BCUT2D eigenvalue weighted by Crippen LogP contribution is 2.22. The molecule has 2 heterocycles. The molecule has 82 valence electrons. The van der Waals surface area contributed by atoms with Crippen molar-refractivity contribution in [3.8, 4) is 0 Å². The minimum absolute atomic E-state index is 0.0369. The molecule has 0 aromatic carbocycles. The van der Waals surface area contributed by atoms with Gasteiger partial charge in [-0.3, -0.25) is 4.79 Å². The molecule has 6 heteroatoms. The molecule has 1 fully saturated rings. The number of hydrogen-bond donors (Lipinski definition) is 0. The van der Waals surface area contributed by atoms with Crippen LogP contribution in [0.5, 0.6) is 0 Å². The first kappa shape index (κ1) is 11.0. The van der Waals surface area contributed by atoms with Gasteiger partial charge in [0.2, 0.25) is 0 Å². The molecule has 0 atom stereocenters. The lowest BCUT2D eigenvalue weighted by molar-refractivity contribution is 0.0671. The van der Waals surface area contributed by atoms with E-state index in [4.69, 9.17) is 0 Å². The van der Waals surface area contributed by atoms with Crippen molar-refractivity contribution in [1.82, 2.24) is 9.88 Å². The van der Waals surface area contributed by atoms with Crippen molar-refractivity contribution < 1.29 is 9.18 Å². The highest BCUT2D eigenvalue weighted by atomic mass is 79.9. The largest absolute Gasteiger partial charge is 0.338 e. The fourth-order valence-corrected chi connectivity index (χ4v) is 2.79. The minimum Gasteiger partial charge on any atom is -0.338 e. The highest BCUT2D eigenvalue weighted by Gasteiger charge is 2.24. The molecule has 1 aliphatic rings. The van der Waals surface area contributed by atoms with Crippen LogP contribution in [0.25, 0.3) is 0 Å². The zero-order chi connectivity index (χ0) is 10.8. The Labute approximate surface area is 99.4 Å². The van der Waals surface area contributed by atoms with Gasteiger partial charge >= 0.3 is 0 Å². The van der Waals surface area contributed by atoms with E-state index in [0.717, 1.165) is 0 Å². The summed E-state index contributed by atoms with van der Waals surface area (Å²) in [7, 11) is 0. The average Bonchev–Trinajstić information content (AvgIpc) is 2.65. The van der Waals surface area contributed by atoms with Crippen molar-refractivity contribution in [3.05, 3.63) is 15.0 Å². The van der Waals surface area contributed by atoms with Crippen molar-refractivity contribution in [2.75, 3.05) is 13.1 Å².